The molecule has 2 heterocycles. The van der Waals surface area contributed by atoms with Gasteiger partial charge in [-0.15, -0.1) is 0 Å². The van der Waals surface area contributed by atoms with Crippen LogP contribution in [-0.2, 0) is 4.74 Å². The molecule has 98 valence electrons. The van der Waals surface area contributed by atoms with Gasteiger partial charge in [-0.25, -0.2) is 0 Å². The quantitative estimate of drug-likeness (QED) is 0.793. The van der Waals surface area contributed by atoms with E-state index in [1.54, 1.807) is 4.90 Å². The van der Waals surface area contributed by atoms with E-state index in [0.29, 0.717) is 26.3 Å². The summed E-state index contributed by atoms with van der Waals surface area (Å²) in [6.07, 6.45) is 2.44. The maximum absolute atomic E-state index is 12.2. The average Bonchev–Trinajstić information content (AvgIpc) is 2.89. The minimum absolute atomic E-state index is 0.198. The van der Waals surface area contributed by atoms with Gasteiger partial charge >= 0.3 is 0 Å². The number of hydrogen-bond donors (Lipinski definition) is 1. The molecule has 2 aliphatic rings. The first-order valence-electron chi connectivity index (χ1n) is 6.03. The molecule has 0 radical (unpaired) electrons. The third-order valence-electron chi connectivity index (χ3n) is 3.24. The van der Waals surface area contributed by atoms with Gasteiger partial charge < -0.3 is 14.6 Å². The summed E-state index contributed by atoms with van der Waals surface area (Å²) in [7, 11) is 0. The maximum Gasteiger partial charge on any atom is 0.270 e. The van der Waals surface area contributed by atoms with Crippen LogP contribution in [0.25, 0.3) is 0 Å². The van der Waals surface area contributed by atoms with Crippen LogP contribution < -0.4 is 0 Å². The number of nitrogens with zero attached hydrogens (tertiary/aromatic N) is 1. The zero-order valence-corrected chi connectivity index (χ0v) is 10.1. The molecule has 1 aliphatic carbocycles. The summed E-state index contributed by atoms with van der Waals surface area (Å²) in [4.78, 5) is 39.9. The Kier molecular flexibility index (Phi) is 2.79. The van der Waals surface area contributed by atoms with E-state index < -0.39 is 0 Å². The van der Waals surface area contributed by atoms with Gasteiger partial charge in [0.25, 0.3) is 5.91 Å². The molecule has 1 fully saturated rings. The zero-order valence-electron chi connectivity index (χ0n) is 10.1. The highest BCUT2D eigenvalue weighted by Gasteiger charge is 2.26. The second-order valence-electron chi connectivity index (χ2n) is 4.44. The van der Waals surface area contributed by atoms with E-state index >= 15 is 0 Å². The van der Waals surface area contributed by atoms with Gasteiger partial charge in [-0.2, -0.15) is 0 Å². The summed E-state index contributed by atoms with van der Waals surface area (Å²) in [6.45, 7) is 2.04. The van der Waals surface area contributed by atoms with Gasteiger partial charge in [0, 0.05) is 13.1 Å². The number of morpholine rings is 1. The second kappa shape index (κ2) is 4.47. The first-order chi connectivity index (χ1) is 9.16. The Morgan fingerprint density at radius 2 is 1.84 bits per heavy atom. The fraction of sp³-hybridized carbons (Fsp3) is 0.308. The normalized spacial score (nSPS) is 18.6. The Balaban J connectivity index is 1.90. The number of rotatable bonds is 1. The van der Waals surface area contributed by atoms with E-state index in [1.807, 2.05) is 0 Å². The number of carbonyl (C=O) groups excluding carboxylic acids is 3. The fourth-order valence-corrected chi connectivity index (χ4v) is 2.22. The number of aromatic nitrogens is 1. The topological polar surface area (TPSA) is 79.5 Å². The van der Waals surface area contributed by atoms with Gasteiger partial charge in [-0.05, 0) is 18.2 Å². The molecular weight excluding hydrogens is 248 g/mol. The predicted molar refractivity (Wildman–Crippen MR) is 65.3 cm³/mol. The molecule has 1 aromatic rings. The van der Waals surface area contributed by atoms with Crippen LogP contribution in [0.4, 0.5) is 0 Å². The number of amides is 1. The fourth-order valence-electron chi connectivity index (χ4n) is 2.22. The lowest BCUT2D eigenvalue weighted by Crippen LogP contribution is -2.40. The number of aromatic amines is 1. The predicted octanol–water partition coefficient (Wildman–Crippen LogP) is 0.422. The Labute approximate surface area is 109 Å². The van der Waals surface area contributed by atoms with E-state index in [0.717, 1.165) is 0 Å². The molecule has 6 nitrogen and oxygen atoms in total. The van der Waals surface area contributed by atoms with Gasteiger partial charge in [-0.1, -0.05) is 0 Å². The molecule has 1 amide bonds. The van der Waals surface area contributed by atoms with Crippen LogP contribution in [0, 0.1) is 0 Å². The van der Waals surface area contributed by atoms with Gasteiger partial charge in [0.2, 0.25) is 5.78 Å². The third-order valence-corrected chi connectivity index (χ3v) is 3.24. The zero-order chi connectivity index (χ0) is 13.4. The summed E-state index contributed by atoms with van der Waals surface area (Å²) in [5, 5.41) is 0. The summed E-state index contributed by atoms with van der Waals surface area (Å²) >= 11 is 0. The second-order valence-corrected chi connectivity index (χ2v) is 4.44. The van der Waals surface area contributed by atoms with Crippen molar-refractivity contribution in [3.63, 3.8) is 0 Å². The van der Waals surface area contributed by atoms with Gasteiger partial charge in [0.1, 0.15) is 5.69 Å². The number of hydrogen-bond acceptors (Lipinski definition) is 4. The van der Waals surface area contributed by atoms with Crippen molar-refractivity contribution >= 4 is 17.5 Å². The minimum Gasteiger partial charge on any atom is -0.378 e. The molecule has 0 unspecified atom stereocenters. The standard InChI is InChI=1S/C13H12N2O4/c16-10-1-2-11(17)12-8(10)7-9(14-12)13(18)15-3-5-19-6-4-15/h1-2,7,14H,3-6H2. The lowest BCUT2D eigenvalue weighted by Gasteiger charge is -2.26. The lowest BCUT2D eigenvalue weighted by molar-refractivity contribution is 0.0299. The number of carbonyl (C=O) groups is 3. The van der Waals surface area contributed by atoms with Crippen LogP contribution in [0.5, 0.6) is 0 Å². The minimum atomic E-state index is -0.282. The lowest BCUT2D eigenvalue weighted by atomic mass is 10.0. The van der Waals surface area contributed by atoms with E-state index in [1.165, 1.54) is 18.2 Å². The van der Waals surface area contributed by atoms with Crippen molar-refractivity contribution in [1.82, 2.24) is 9.88 Å². The van der Waals surface area contributed by atoms with Crippen LogP contribution in [0.2, 0.25) is 0 Å². The largest absolute Gasteiger partial charge is 0.378 e. The van der Waals surface area contributed by atoms with E-state index in [9.17, 15) is 14.4 Å². The van der Waals surface area contributed by atoms with Crippen molar-refractivity contribution in [1.29, 1.82) is 0 Å². The van der Waals surface area contributed by atoms with Crippen LogP contribution in [0.3, 0.4) is 0 Å². The van der Waals surface area contributed by atoms with Crippen LogP contribution in [0.1, 0.15) is 31.3 Å². The van der Waals surface area contributed by atoms with Crippen molar-refractivity contribution in [3.8, 4) is 0 Å². The molecule has 19 heavy (non-hydrogen) atoms. The number of ether oxygens (including phenoxy) is 1. The Bertz CT molecular complexity index is 558. The highest BCUT2D eigenvalue weighted by atomic mass is 16.5. The molecular formula is C13H12N2O4. The Morgan fingerprint density at radius 3 is 2.53 bits per heavy atom. The smallest absolute Gasteiger partial charge is 0.270 e. The summed E-state index contributed by atoms with van der Waals surface area (Å²) < 4.78 is 5.18. The average molecular weight is 260 g/mol. The van der Waals surface area contributed by atoms with Crippen molar-refractivity contribution in [2.75, 3.05) is 26.3 Å². The monoisotopic (exact) mass is 260 g/mol. The molecule has 0 spiro atoms. The molecule has 1 saturated heterocycles. The number of H-pyrrole nitrogens is 1. The van der Waals surface area contributed by atoms with Crippen LogP contribution >= 0.6 is 0 Å². The van der Waals surface area contributed by atoms with Crippen LogP contribution in [-0.4, -0.2) is 53.7 Å². The van der Waals surface area contributed by atoms with E-state index in [4.69, 9.17) is 4.74 Å². The third kappa shape index (κ3) is 2.00. The van der Waals surface area contributed by atoms with Crippen molar-refractivity contribution in [2.24, 2.45) is 0 Å². The number of allylic oxidation sites excluding steroid dienone is 2. The van der Waals surface area contributed by atoms with Crippen molar-refractivity contribution in [2.45, 2.75) is 0 Å². The molecule has 0 aromatic carbocycles. The SMILES string of the molecule is O=C1C=CC(=O)c2[nH]c(C(=O)N3CCOCC3)cc21. The summed E-state index contributed by atoms with van der Waals surface area (Å²) in [5.41, 5.74) is 0.741. The van der Waals surface area contributed by atoms with Gasteiger partial charge in [-0.3, -0.25) is 14.4 Å². The van der Waals surface area contributed by atoms with Gasteiger partial charge in [0.05, 0.1) is 24.5 Å². The number of ketones is 2. The van der Waals surface area contributed by atoms with Crippen LogP contribution in [0.15, 0.2) is 18.2 Å². The highest BCUT2D eigenvalue weighted by molar-refractivity contribution is 6.22. The van der Waals surface area contributed by atoms with E-state index in [2.05, 4.69) is 4.98 Å². The molecule has 0 atom stereocenters. The molecule has 0 bridgehead atoms. The molecule has 3 rings (SSSR count). The first kappa shape index (κ1) is 11.9. The summed E-state index contributed by atoms with van der Waals surface area (Å²) in [6, 6.07) is 1.46. The molecule has 1 aliphatic heterocycles. The first-order valence-corrected chi connectivity index (χ1v) is 6.03. The molecule has 6 heteroatoms. The van der Waals surface area contributed by atoms with E-state index in [-0.39, 0.29) is 34.4 Å². The Hall–Kier alpha value is -2.21. The Morgan fingerprint density at radius 1 is 1.16 bits per heavy atom. The molecule has 1 aromatic heterocycles. The summed E-state index contributed by atoms with van der Waals surface area (Å²) in [5.74, 6) is -0.749. The van der Waals surface area contributed by atoms with Crippen molar-refractivity contribution < 1.29 is 19.1 Å². The van der Waals surface area contributed by atoms with Gasteiger partial charge in [0.15, 0.2) is 5.78 Å². The molecule has 1 N–H and O–H groups in total. The number of fused-ring (bicyclic) bond motifs is 1. The number of nitrogens with one attached hydrogen (secondary N) is 1. The maximum atomic E-state index is 12.2. The highest BCUT2D eigenvalue weighted by Crippen LogP contribution is 2.19. The molecule has 0 saturated carbocycles. The van der Waals surface area contributed by atoms with Crippen molar-refractivity contribution in [3.05, 3.63) is 35.2 Å².